The van der Waals surface area contributed by atoms with Crippen molar-refractivity contribution in [3.05, 3.63) is 57.6 Å². The molecule has 4 rings (SSSR count). The standard InChI is InChI=1S/C26H29ClF3N3O2/c1-15-13-32(14-16(2)31(15)4)23-12-22-18(10-20(23)17(3)34)8-9-33(22)24(35)11-19-6-5-7-21(25(19)27)26(28,29)30/h5-7,10,12,15-16H,8-9,11,13-14H2,1-4H3/t15-,16+. The molecule has 2 aliphatic rings. The zero-order valence-corrected chi connectivity index (χ0v) is 21.0. The maximum absolute atomic E-state index is 13.3. The zero-order valence-electron chi connectivity index (χ0n) is 20.2. The molecule has 0 aromatic heterocycles. The molecule has 1 saturated heterocycles. The van der Waals surface area contributed by atoms with Gasteiger partial charge < -0.3 is 9.80 Å². The van der Waals surface area contributed by atoms with Crippen LogP contribution in [0.4, 0.5) is 24.5 Å². The Balaban J connectivity index is 1.66. The fraction of sp³-hybridized carbons (Fsp3) is 0.462. The predicted octanol–water partition coefficient (Wildman–Crippen LogP) is 5.22. The van der Waals surface area contributed by atoms with Gasteiger partial charge in [-0.05, 0) is 63.6 Å². The van der Waals surface area contributed by atoms with Crippen molar-refractivity contribution in [1.82, 2.24) is 4.90 Å². The predicted molar refractivity (Wildman–Crippen MR) is 132 cm³/mol. The molecule has 1 amide bonds. The monoisotopic (exact) mass is 507 g/mol. The van der Waals surface area contributed by atoms with Gasteiger partial charge in [0.25, 0.3) is 0 Å². The Hall–Kier alpha value is -2.58. The lowest BCUT2D eigenvalue weighted by atomic mass is 10.00. The summed E-state index contributed by atoms with van der Waals surface area (Å²) in [6, 6.07) is 7.96. The molecule has 1 fully saturated rings. The fourth-order valence-electron chi connectivity index (χ4n) is 5.02. The molecule has 0 radical (unpaired) electrons. The molecule has 35 heavy (non-hydrogen) atoms. The maximum atomic E-state index is 13.3. The van der Waals surface area contributed by atoms with Crippen LogP contribution in [0.2, 0.25) is 5.02 Å². The van der Waals surface area contributed by atoms with Gasteiger partial charge in [0.05, 0.1) is 17.0 Å². The largest absolute Gasteiger partial charge is 0.417 e. The van der Waals surface area contributed by atoms with E-state index < -0.39 is 16.8 Å². The number of Topliss-reactive ketones (excluding diaryl/α,β-unsaturated/α-hetero) is 1. The third-order valence-electron chi connectivity index (χ3n) is 7.20. The van der Waals surface area contributed by atoms with Crippen LogP contribution in [-0.2, 0) is 23.8 Å². The second-order valence-corrected chi connectivity index (χ2v) is 9.95. The van der Waals surface area contributed by atoms with Crippen molar-refractivity contribution in [1.29, 1.82) is 0 Å². The number of carbonyl (C=O) groups is 2. The molecular formula is C26H29ClF3N3O2. The van der Waals surface area contributed by atoms with E-state index in [1.54, 1.807) is 11.8 Å². The van der Waals surface area contributed by atoms with Crippen molar-refractivity contribution in [2.45, 2.75) is 51.9 Å². The first kappa shape index (κ1) is 25.5. The van der Waals surface area contributed by atoms with Crippen LogP contribution in [0.3, 0.4) is 0 Å². The first-order chi connectivity index (χ1) is 16.4. The van der Waals surface area contributed by atoms with E-state index in [1.807, 2.05) is 12.1 Å². The number of benzene rings is 2. The molecular weight excluding hydrogens is 479 g/mol. The summed E-state index contributed by atoms with van der Waals surface area (Å²) < 4.78 is 39.8. The number of hydrogen-bond acceptors (Lipinski definition) is 4. The van der Waals surface area contributed by atoms with Crippen molar-refractivity contribution >= 4 is 34.7 Å². The average molecular weight is 508 g/mol. The molecule has 2 aromatic carbocycles. The van der Waals surface area contributed by atoms with Crippen LogP contribution < -0.4 is 9.80 Å². The van der Waals surface area contributed by atoms with E-state index in [9.17, 15) is 22.8 Å². The lowest BCUT2D eigenvalue weighted by Crippen LogP contribution is -2.55. The highest BCUT2D eigenvalue weighted by Crippen LogP contribution is 2.39. The fourth-order valence-corrected chi connectivity index (χ4v) is 5.32. The third kappa shape index (κ3) is 4.91. The molecule has 5 nitrogen and oxygen atoms in total. The van der Waals surface area contributed by atoms with Gasteiger partial charge in [0, 0.05) is 48.7 Å². The molecule has 9 heteroatoms. The van der Waals surface area contributed by atoms with Gasteiger partial charge in [-0.2, -0.15) is 13.2 Å². The Morgan fingerprint density at radius 1 is 1.09 bits per heavy atom. The second kappa shape index (κ2) is 9.47. The minimum Gasteiger partial charge on any atom is -0.368 e. The van der Waals surface area contributed by atoms with E-state index in [-0.39, 0.29) is 35.8 Å². The van der Waals surface area contributed by atoms with Crippen molar-refractivity contribution in [3.63, 3.8) is 0 Å². The normalized spacial score (nSPS) is 20.8. The Morgan fingerprint density at radius 2 is 1.74 bits per heavy atom. The number of anilines is 2. The van der Waals surface area contributed by atoms with E-state index in [1.165, 1.54) is 12.1 Å². The molecule has 0 unspecified atom stereocenters. The summed E-state index contributed by atoms with van der Waals surface area (Å²) >= 11 is 6.03. The van der Waals surface area contributed by atoms with E-state index in [4.69, 9.17) is 11.6 Å². The Morgan fingerprint density at radius 3 is 2.34 bits per heavy atom. The number of piperazine rings is 1. The number of ketones is 1. The quantitative estimate of drug-likeness (QED) is 0.532. The molecule has 188 valence electrons. The van der Waals surface area contributed by atoms with Crippen LogP contribution in [0.1, 0.15) is 47.8 Å². The maximum Gasteiger partial charge on any atom is 0.417 e. The number of nitrogens with zero attached hydrogens (tertiary/aromatic N) is 3. The smallest absolute Gasteiger partial charge is 0.368 e. The van der Waals surface area contributed by atoms with E-state index in [0.29, 0.717) is 24.2 Å². The van der Waals surface area contributed by atoms with Gasteiger partial charge >= 0.3 is 6.18 Å². The van der Waals surface area contributed by atoms with Crippen molar-refractivity contribution in [3.8, 4) is 0 Å². The minimum atomic E-state index is -4.59. The Bertz CT molecular complexity index is 1160. The van der Waals surface area contributed by atoms with Crippen LogP contribution in [0, 0.1) is 0 Å². The number of rotatable bonds is 4. The first-order valence-electron chi connectivity index (χ1n) is 11.7. The van der Waals surface area contributed by atoms with Gasteiger partial charge in [-0.15, -0.1) is 0 Å². The van der Waals surface area contributed by atoms with Crippen LogP contribution in [0.15, 0.2) is 30.3 Å². The van der Waals surface area contributed by atoms with Gasteiger partial charge in [0.2, 0.25) is 5.91 Å². The first-order valence-corrected chi connectivity index (χ1v) is 12.1. The molecule has 0 bridgehead atoms. The van der Waals surface area contributed by atoms with E-state index in [2.05, 4.69) is 30.7 Å². The van der Waals surface area contributed by atoms with Gasteiger partial charge in [-0.3, -0.25) is 14.5 Å². The number of halogens is 4. The minimum absolute atomic E-state index is 0.0393. The zero-order chi connectivity index (χ0) is 25.7. The third-order valence-corrected chi connectivity index (χ3v) is 7.65. The van der Waals surface area contributed by atoms with Crippen LogP contribution >= 0.6 is 11.6 Å². The van der Waals surface area contributed by atoms with Crippen molar-refractivity contribution in [2.24, 2.45) is 0 Å². The summed E-state index contributed by atoms with van der Waals surface area (Å²) in [5.41, 5.74) is 2.21. The number of carbonyl (C=O) groups excluding carboxylic acids is 2. The second-order valence-electron chi connectivity index (χ2n) is 9.57. The molecule has 0 spiro atoms. The van der Waals surface area contributed by atoms with Gasteiger partial charge in [-0.25, -0.2) is 0 Å². The van der Waals surface area contributed by atoms with Crippen LogP contribution in [-0.4, -0.2) is 55.4 Å². The summed E-state index contributed by atoms with van der Waals surface area (Å²) in [7, 11) is 2.08. The average Bonchev–Trinajstić information content (AvgIpc) is 3.20. The number of fused-ring (bicyclic) bond motifs is 1. The topological polar surface area (TPSA) is 43.9 Å². The molecule has 0 aliphatic carbocycles. The number of alkyl halides is 3. The molecule has 0 N–H and O–H groups in total. The highest BCUT2D eigenvalue weighted by atomic mass is 35.5. The summed E-state index contributed by atoms with van der Waals surface area (Å²) in [5, 5.41) is -0.444. The molecule has 2 aliphatic heterocycles. The van der Waals surface area contributed by atoms with Gasteiger partial charge in [-0.1, -0.05) is 23.7 Å². The Labute approximate surface area is 208 Å². The van der Waals surface area contributed by atoms with Crippen LogP contribution in [0.5, 0.6) is 0 Å². The van der Waals surface area contributed by atoms with Gasteiger partial charge in [0.15, 0.2) is 5.78 Å². The lowest BCUT2D eigenvalue weighted by Gasteiger charge is -2.44. The molecule has 2 aromatic rings. The van der Waals surface area contributed by atoms with Crippen LogP contribution in [0.25, 0.3) is 0 Å². The summed E-state index contributed by atoms with van der Waals surface area (Å²) in [6.45, 7) is 7.71. The molecule has 2 heterocycles. The molecule has 0 saturated carbocycles. The Kier molecular flexibility index (Phi) is 6.90. The highest BCUT2D eigenvalue weighted by Gasteiger charge is 2.35. The number of likely N-dealkylation sites (N-methyl/N-ethyl adjacent to an activating group) is 1. The summed E-state index contributed by atoms with van der Waals surface area (Å²) in [4.78, 5) is 31.9. The summed E-state index contributed by atoms with van der Waals surface area (Å²) in [6.07, 6.45) is -4.26. The number of amides is 1. The SMILES string of the molecule is CC(=O)c1cc2c(cc1N1C[C@@H](C)N(C)[C@@H](C)C1)N(C(=O)Cc1cccc(C(F)(F)F)c1Cl)CC2. The number of hydrogen-bond donors (Lipinski definition) is 0. The van der Waals surface area contributed by atoms with Gasteiger partial charge in [0.1, 0.15) is 0 Å². The molecule has 2 atom stereocenters. The lowest BCUT2D eigenvalue weighted by molar-refractivity contribution is -0.137. The van der Waals surface area contributed by atoms with E-state index in [0.717, 1.165) is 30.4 Å². The summed E-state index contributed by atoms with van der Waals surface area (Å²) in [5.74, 6) is -0.367. The van der Waals surface area contributed by atoms with E-state index >= 15 is 0 Å². The van der Waals surface area contributed by atoms with Crippen molar-refractivity contribution < 1.29 is 22.8 Å². The van der Waals surface area contributed by atoms with Crippen molar-refractivity contribution in [2.75, 3.05) is 36.5 Å². The highest BCUT2D eigenvalue weighted by molar-refractivity contribution is 6.32.